The monoisotopic (exact) mass is 352 g/mol. The van der Waals surface area contributed by atoms with Crippen molar-refractivity contribution in [3.63, 3.8) is 0 Å². The van der Waals surface area contributed by atoms with Gasteiger partial charge in [-0.3, -0.25) is 0 Å². The number of nitrogens with one attached hydrogen (secondary N) is 2. The Bertz CT molecular complexity index is 559. The van der Waals surface area contributed by atoms with Gasteiger partial charge >= 0.3 is 0 Å². The third-order valence-electron chi connectivity index (χ3n) is 4.58. The zero-order valence-corrected chi connectivity index (χ0v) is 14.4. The summed E-state index contributed by atoms with van der Waals surface area (Å²) in [6.07, 6.45) is -1.99. The first-order valence-corrected chi connectivity index (χ1v) is 8.73. The van der Waals surface area contributed by atoms with Gasteiger partial charge in [-0.05, 0) is 25.6 Å². The number of aliphatic hydroxyl groups is 2. The van der Waals surface area contributed by atoms with Crippen molar-refractivity contribution in [2.75, 3.05) is 13.2 Å². The molecule has 4 N–H and O–H groups in total. The summed E-state index contributed by atoms with van der Waals surface area (Å²) in [6, 6.07) is 9.09. The normalized spacial score (nSPS) is 35.8. The smallest absolute Gasteiger partial charge is 0.184 e. The van der Waals surface area contributed by atoms with Crippen LogP contribution in [0.1, 0.15) is 25.2 Å². The highest BCUT2D eigenvalue weighted by Gasteiger charge is 2.48. The van der Waals surface area contributed by atoms with Crippen LogP contribution in [-0.2, 0) is 9.47 Å². The molecule has 0 spiro atoms. The molecule has 7 heteroatoms. The molecular formula is C17H24N2O4S. The topological polar surface area (TPSA) is 83.0 Å². The summed E-state index contributed by atoms with van der Waals surface area (Å²) >= 11 is 5.18. The molecule has 0 aromatic heterocycles. The number of rotatable bonds is 3. The molecule has 1 aromatic carbocycles. The first kappa shape index (κ1) is 17.6. The third-order valence-corrected chi connectivity index (χ3v) is 4.84. The first-order chi connectivity index (χ1) is 11.6. The maximum Gasteiger partial charge on any atom is 0.184 e. The molecule has 2 fully saturated rings. The fourth-order valence-corrected chi connectivity index (χ4v) is 3.66. The first-order valence-electron chi connectivity index (χ1n) is 8.32. The van der Waals surface area contributed by atoms with Gasteiger partial charge in [-0.1, -0.05) is 30.3 Å². The van der Waals surface area contributed by atoms with E-state index in [4.69, 9.17) is 21.7 Å². The Kier molecular flexibility index (Phi) is 5.68. The summed E-state index contributed by atoms with van der Waals surface area (Å²) in [7, 11) is 0. The number of ether oxygens (including phenoxy) is 2. The molecule has 1 aliphatic carbocycles. The van der Waals surface area contributed by atoms with E-state index >= 15 is 0 Å². The summed E-state index contributed by atoms with van der Waals surface area (Å²) in [6.45, 7) is 3.06. The number of thiocarbonyl (C=S) groups is 1. The maximum absolute atomic E-state index is 10.7. The van der Waals surface area contributed by atoms with Crippen molar-refractivity contribution in [2.45, 2.75) is 44.0 Å². The van der Waals surface area contributed by atoms with Crippen molar-refractivity contribution in [3.05, 3.63) is 35.9 Å². The Hall–Kier alpha value is -1.25. The van der Waals surface area contributed by atoms with Crippen LogP contribution in [0.25, 0.3) is 0 Å². The van der Waals surface area contributed by atoms with Crippen LogP contribution in [0.3, 0.4) is 0 Å². The average Bonchev–Trinajstić information content (AvgIpc) is 2.59. The van der Waals surface area contributed by atoms with Gasteiger partial charge in [0.05, 0.1) is 24.9 Å². The summed E-state index contributed by atoms with van der Waals surface area (Å²) in [5, 5.41) is 27.5. The van der Waals surface area contributed by atoms with E-state index in [1.165, 1.54) is 0 Å². The molecule has 132 valence electrons. The van der Waals surface area contributed by atoms with Crippen LogP contribution in [0, 0.1) is 5.92 Å². The average molecular weight is 352 g/mol. The molecular weight excluding hydrogens is 328 g/mol. The molecule has 1 saturated carbocycles. The molecule has 0 radical (unpaired) electrons. The molecule has 2 aliphatic rings. The van der Waals surface area contributed by atoms with Gasteiger partial charge in [-0.15, -0.1) is 0 Å². The largest absolute Gasteiger partial charge is 0.391 e. The Labute approximate surface area is 147 Å². The maximum atomic E-state index is 10.7. The zero-order valence-electron chi connectivity index (χ0n) is 13.6. The second-order valence-electron chi connectivity index (χ2n) is 6.26. The molecule has 6 nitrogen and oxygen atoms in total. The van der Waals surface area contributed by atoms with Gasteiger partial charge in [-0.25, -0.2) is 0 Å². The minimum Gasteiger partial charge on any atom is -0.391 e. The van der Waals surface area contributed by atoms with Crippen LogP contribution in [0.2, 0.25) is 0 Å². The Morgan fingerprint density at radius 2 is 2.04 bits per heavy atom. The highest BCUT2D eigenvalue weighted by Crippen LogP contribution is 2.37. The molecule has 0 unspecified atom stereocenters. The molecule has 3 rings (SSSR count). The number of hydrogen-bond donors (Lipinski definition) is 4. The van der Waals surface area contributed by atoms with Gasteiger partial charge in [0.2, 0.25) is 0 Å². The van der Waals surface area contributed by atoms with Crippen molar-refractivity contribution in [1.82, 2.24) is 10.6 Å². The lowest BCUT2D eigenvalue weighted by Crippen LogP contribution is -2.64. The third kappa shape index (κ3) is 3.70. The van der Waals surface area contributed by atoms with E-state index in [9.17, 15) is 10.2 Å². The molecule has 24 heavy (non-hydrogen) atoms. The minimum atomic E-state index is -0.870. The lowest BCUT2D eigenvalue weighted by atomic mass is 9.79. The van der Waals surface area contributed by atoms with Gasteiger partial charge in [0.15, 0.2) is 11.4 Å². The number of aliphatic hydroxyl groups excluding tert-OH is 2. The molecule has 1 heterocycles. The van der Waals surface area contributed by atoms with Gasteiger partial charge in [0, 0.05) is 18.0 Å². The summed E-state index contributed by atoms with van der Waals surface area (Å²) in [4.78, 5) is 0. The Morgan fingerprint density at radius 1 is 1.29 bits per heavy atom. The molecule has 1 aliphatic heterocycles. The van der Waals surface area contributed by atoms with Crippen molar-refractivity contribution < 1.29 is 19.7 Å². The van der Waals surface area contributed by atoms with Crippen LogP contribution in [0.15, 0.2) is 30.3 Å². The standard InChI is InChI=1S/C17H24N2O4S/c1-2-18-17(24)19-13-12(20)8-11-9-22-16(23-15(11)14(13)21)10-6-4-3-5-7-10/h3-7,11-16,20-21H,2,8-9H2,1H3,(H2,18,19,24)/t11-,12-,13+,14-,15-,16-/m1/s1. The minimum absolute atomic E-state index is 0.0410. The fourth-order valence-electron chi connectivity index (χ4n) is 3.38. The van der Waals surface area contributed by atoms with Gasteiger partial charge < -0.3 is 30.3 Å². The second-order valence-corrected chi connectivity index (χ2v) is 6.67. The van der Waals surface area contributed by atoms with Crippen LogP contribution in [-0.4, -0.2) is 52.8 Å². The molecule has 0 bridgehead atoms. The second kappa shape index (κ2) is 7.76. The molecule has 6 atom stereocenters. The Balaban J connectivity index is 1.70. The lowest BCUT2D eigenvalue weighted by Gasteiger charge is -2.47. The number of hydrogen-bond acceptors (Lipinski definition) is 5. The van der Waals surface area contributed by atoms with E-state index in [1.54, 1.807) is 0 Å². The van der Waals surface area contributed by atoms with Crippen molar-refractivity contribution >= 4 is 17.3 Å². The predicted molar refractivity (Wildman–Crippen MR) is 93.3 cm³/mol. The van der Waals surface area contributed by atoms with Crippen molar-refractivity contribution in [2.24, 2.45) is 5.92 Å². The van der Waals surface area contributed by atoms with Crippen LogP contribution in [0.5, 0.6) is 0 Å². The zero-order chi connectivity index (χ0) is 17.1. The van der Waals surface area contributed by atoms with E-state index in [0.29, 0.717) is 24.7 Å². The van der Waals surface area contributed by atoms with Gasteiger partial charge in [0.25, 0.3) is 0 Å². The van der Waals surface area contributed by atoms with Gasteiger partial charge in [-0.2, -0.15) is 0 Å². The van der Waals surface area contributed by atoms with E-state index in [-0.39, 0.29) is 5.92 Å². The quantitative estimate of drug-likeness (QED) is 0.596. The SMILES string of the molecule is CCNC(=S)N[C@@H]1[C@@H](O)[C@@H]2O[C@H](c3ccccc3)OC[C@H]2C[C@H]1O. The van der Waals surface area contributed by atoms with Gasteiger partial charge in [0.1, 0.15) is 6.10 Å². The summed E-state index contributed by atoms with van der Waals surface area (Å²) in [5.41, 5.74) is 0.918. The van der Waals surface area contributed by atoms with Crippen LogP contribution >= 0.6 is 12.2 Å². The van der Waals surface area contributed by atoms with E-state index in [0.717, 1.165) is 5.56 Å². The summed E-state index contributed by atoms with van der Waals surface area (Å²) in [5.74, 6) is -0.0410. The molecule has 0 amide bonds. The van der Waals surface area contributed by atoms with E-state index in [1.807, 2.05) is 37.3 Å². The van der Waals surface area contributed by atoms with Crippen LogP contribution in [0.4, 0.5) is 0 Å². The Morgan fingerprint density at radius 3 is 2.75 bits per heavy atom. The highest BCUT2D eigenvalue weighted by molar-refractivity contribution is 7.80. The highest BCUT2D eigenvalue weighted by atomic mass is 32.1. The van der Waals surface area contributed by atoms with E-state index in [2.05, 4.69) is 10.6 Å². The van der Waals surface area contributed by atoms with Crippen molar-refractivity contribution in [3.8, 4) is 0 Å². The fraction of sp³-hybridized carbons (Fsp3) is 0.588. The number of fused-ring (bicyclic) bond motifs is 1. The molecule has 1 saturated heterocycles. The summed E-state index contributed by atoms with van der Waals surface area (Å²) < 4.78 is 11.8. The van der Waals surface area contributed by atoms with E-state index < -0.39 is 30.6 Å². The number of benzene rings is 1. The molecule has 1 aromatic rings. The van der Waals surface area contributed by atoms with Crippen LogP contribution < -0.4 is 10.6 Å². The predicted octanol–water partition coefficient (Wildman–Crippen LogP) is 0.695. The van der Waals surface area contributed by atoms with Crippen molar-refractivity contribution in [1.29, 1.82) is 0 Å². The lowest BCUT2D eigenvalue weighted by molar-refractivity contribution is -0.280.